The number of carbonyl (C=O) groups excluding carboxylic acids is 2. The van der Waals surface area contributed by atoms with E-state index in [1.54, 1.807) is 54.0 Å². The minimum absolute atomic E-state index is 0.0256. The van der Waals surface area contributed by atoms with E-state index < -0.39 is 0 Å². The first-order valence-electron chi connectivity index (χ1n) is 9.16. The summed E-state index contributed by atoms with van der Waals surface area (Å²) in [4.78, 5) is 25.5. The van der Waals surface area contributed by atoms with E-state index in [2.05, 4.69) is 15.6 Å². The number of hydrogen-bond donors (Lipinski definition) is 1. The predicted octanol–water partition coefficient (Wildman–Crippen LogP) is 4.60. The number of Topliss-reactive ketones (excluding diaryl/α,β-unsaturated/α-hetero) is 1. The molecule has 30 heavy (non-hydrogen) atoms. The van der Waals surface area contributed by atoms with Crippen molar-refractivity contribution in [2.24, 2.45) is 0 Å². The average molecular weight is 457 g/mol. The molecule has 0 atom stereocenters. The lowest BCUT2D eigenvalue weighted by molar-refractivity contribution is -0.111. The zero-order valence-electron chi connectivity index (χ0n) is 15.7. The van der Waals surface area contributed by atoms with Crippen molar-refractivity contribution in [3.63, 3.8) is 0 Å². The minimum Gasteiger partial charge on any atom is -0.322 e. The van der Waals surface area contributed by atoms with Crippen molar-refractivity contribution in [2.45, 2.75) is 6.54 Å². The van der Waals surface area contributed by atoms with Crippen LogP contribution in [0.3, 0.4) is 0 Å². The summed E-state index contributed by atoms with van der Waals surface area (Å²) in [5.74, 6) is 1.52. The molecule has 1 N–H and O–H groups in total. The Bertz CT molecular complexity index is 1090. The van der Waals surface area contributed by atoms with Crippen molar-refractivity contribution in [1.82, 2.24) is 15.0 Å². The van der Waals surface area contributed by atoms with Gasteiger partial charge in [0.25, 0.3) is 5.91 Å². The van der Waals surface area contributed by atoms with E-state index in [-0.39, 0.29) is 18.2 Å². The fourth-order valence-corrected chi connectivity index (χ4v) is 5.53. The molecule has 1 aliphatic heterocycles. The van der Waals surface area contributed by atoms with E-state index in [0.29, 0.717) is 27.5 Å². The highest BCUT2D eigenvalue weighted by molar-refractivity contribution is 8.25. The Morgan fingerprint density at radius 1 is 1.03 bits per heavy atom. The topological polar surface area (TPSA) is 76.9 Å². The standard InChI is InChI=1S/C21H17ClN4O2S2/c22-15-8-6-14(7-9-15)18(27)13-26-12-17(24-25-26)19(21-29-10-11-30-21)20(28)23-16-4-2-1-3-5-16/h1-9,12H,10-11,13H2,(H,23,28). The fourth-order valence-electron chi connectivity index (χ4n) is 2.85. The second-order valence-electron chi connectivity index (χ2n) is 6.41. The predicted molar refractivity (Wildman–Crippen MR) is 123 cm³/mol. The molecule has 2 aromatic carbocycles. The van der Waals surface area contributed by atoms with Crippen LogP contribution in [0.15, 0.2) is 65.0 Å². The first kappa shape index (κ1) is 20.7. The van der Waals surface area contributed by atoms with Crippen molar-refractivity contribution in [3.8, 4) is 0 Å². The Hall–Kier alpha value is -2.55. The number of benzene rings is 2. The molecule has 0 bridgehead atoms. The van der Waals surface area contributed by atoms with Crippen LogP contribution in [0.4, 0.5) is 5.69 Å². The van der Waals surface area contributed by atoms with Crippen molar-refractivity contribution < 1.29 is 9.59 Å². The fraction of sp³-hybridized carbons (Fsp3) is 0.143. The smallest absolute Gasteiger partial charge is 0.259 e. The normalized spacial score (nSPS) is 13.3. The molecule has 1 amide bonds. The van der Waals surface area contributed by atoms with Crippen molar-refractivity contribution in [1.29, 1.82) is 0 Å². The van der Waals surface area contributed by atoms with Crippen molar-refractivity contribution >= 4 is 58.1 Å². The van der Waals surface area contributed by atoms with E-state index in [1.165, 1.54) is 4.68 Å². The van der Waals surface area contributed by atoms with Crippen LogP contribution in [0.1, 0.15) is 16.1 Å². The number of ketones is 1. The van der Waals surface area contributed by atoms with Gasteiger partial charge in [0.05, 0.1) is 16.0 Å². The second-order valence-corrected chi connectivity index (χ2v) is 9.32. The third-order valence-electron chi connectivity index (χ3n) is 4.28. The summed E-state index contributed by atoms with van der Waals surface area (Å²) < 4.78 is 2.37. The third kappa shape index (κ3) is 4.95. The number of rotatable bonds is 6. The highest BCUT2D eigenvalue weighted by Crippen LogP contribution is 2.41. The van der Waals surface area contributed by atoms with Crippen LogP contribution in [0.25, 0.3) is 5.57 Å². The molecule has 1 aliphatic rings. The van der Waals surface area contributed by atoms with E-state index >= 15 is 0 Å². The van der Waals surface area contributed by atoms with Gasteiger partial charge in [0, 0.05) is 27.8 Å². The van der Waals surface area contributed by atoms with Gasteiger partial charge in [-0.05, 0) is 36.4 Å². The number of anilines is 1. The lowest BCUT2D eigenvalue weighted by Gasteiger charge is -2.09. The molecule has 0 radical (unpaired) electrons. The van der Waals surface area contributed by atoms with Gasteiger partial charge in [-0.1, -0.05) is 35.0 Å². The number of nitrogens with one attached hydrogen (secondary N) is 1. The first-order chi connectivity index (χ1) is 14.6. The average Bonchev–Trinajstić information content (AvgIpc) is 3.42. The van der Waals surface area contributed by atoms with Gasteiger partial charge in [0.2, 0.25) is 0 Å². The van der Waals surface area contributed by atoms with Gasteiger partial charge in [-0.25, -0.2) is 4.68 Å². The third-order valence-corrected chi connectivity index (χ3v) is 7.25. The molecule has 0 saturated carbocycles. The van der Waals surface area contributed by atoms with Crippen LogP contribution < -0.4 is 5.32 Å². The van der Waals surface area contributed by atoms with Crippen LogP contribution in [-0.2, 0) is 11.3 Å². The maximum absolute atomic E-state index is 13.0. The summed E-state index contributed by atoms with van der Waals surface area (Å²) in [5, 5.41) is 11.7. The van der Waals surface area contributed by atoms with E-state index in [0.717, 1.165) is 15.7 Å². The quantitative estimate of drug-likeness (QED) is 0.431. The lowest BCUT2D eigenvalue weighted by Crippen LogP contribution is -2.14. The molecular weight excluding hydrogens is 440 g/mol. The maximum atomic E-state index is 13.0. The number of hydrogen-bond acceptors (Lipinski definition) is 6. The Balaban J connectivity index is 1.56. The van der Waals surface area contributed by atoms with E-state index in [1.807, 2.05) is 30.3 Å². The lowest BCUT2D eigenvalue weighted by atomic mass is 10.1. The van der Waals surface area contributed by atoms with Crippen LogP contribution in [-0.4, -0.2) is 38.2 Å². The van der Waals surface area contributed by atoms with Crippen LogP contribution in [0, 0.1) is 0 Å². The zero-order valence-corrected chi connectivity index (χ0v) is 18.1. The molecule has 0 spiro atoms. The molecule has 3 aromatic rings. The van der Waals surface area contributed by atoms with Gasteiger partial charge >= 0.3 is 0 Å². The number of para-hydroxylation sites is 1. The number of aromatic nitrogens is 3. The maximum Gasteiger partial charge on any atom is 0.259 e. The van der Waals surface area contributed by atoms with E-state index in [9.17, 15) is 9.59 Å². The molecule has 0 unspecified atom stereocenters. The molecule has 2 heterocycles. The molecule has 1 saturated heterocycles. The molecule has 4 rings (SSSR count). The monoisotopic (exact) mass is 456 g/mol. The van der Waals surface area contributed by atoms with Crippen LogP contribution >= 0.6 is 35.1 Å². The highest BCUT2D eigenvalue weighted by atomic mass is 35.5. The van der Waals surface area contributed by atoms with E-state index in [4.69, 9.17) is 11.6 Å². The first-order valence-corrected chi connectivity index (χ1v) is 11.5. The minimum atomic E-state index is -0.242. The summed E-state index contributed by atoms with van der Waals surface area (Å²) in [6.45, 7) is 0.0256. The number of halogens is 1. The summed E-state index contributed by atoms with van der Waals surface area (Å²) in [7, 11) is 0. The van der Waals surface area contributed by atoms with Gasteiger partial charge in [-0.15, -0.1) is 28.6 Å². The molecule has 0 aliphatic carbocycles. The zero-order chi connectivity index (χ0) is 20.9. The van der Waals surface area contributed by atoms with Gasteiger partial charge in [0.1, 0.15) is 12.2 Å². The molecule has 6 nitrogen and oxygen atoms in total. The number of nitrogens with zero attached hydrogens (tertiary/aromatic N) is 3. The van der Waals surface area contributed by atoms with Gasteiger partial charge < -0.3 is 5.32 Å². The number of thioether (sulfide) groups is 2. The summed E-state index contributed by atoms with van der Waals surface area (Å²) in [5.41, 5.74) is 2.18. The largest absolute Gasteiger partial charge is 0.322 e. The van der Waals surface area contributed by atoms with Crippen LogP contribution in [0.2, 0.25) is 5.02 Å². The summed E-state index contributed by atoms with van der Waals surface area (Å²) >= 11 is 9.14. The highest BCUT2D eigenvalue weighted by Gasteiger charge is 2.24. The Morgan fingerprint density at radius 2 is 1.73 bits per heavy atom. The molecule has 152 valence electrons. The van der Waals surface area contributed by atoms with Crippen molar-refractivity contribution in [3.05, 3.63) is 81.3 Å². The Kier molecular flexibility index (Phi) is 6.56. The summed E-state index contributed by atoms with van der Waals surface area (Å²) in [6, 6.07) is 16.0. The van der Waals surface area contributed by atoms with Gasteiger partial charge in [-0.3, -0.25) is 9.59 Å². The Labute approximate surface area is 187 Å². The molecule has 1 aromatic heterocycles. The van der Waals surface area contributed by atoms with Gasteiger partial charge in [-0.2, -0.15) is 0 Å². The molecule has 9 heteroatoms. The van der Waals surface area contributed by atoms with Gasteiger partial charge in [0.15, 0.2) is 5.78 Å². The molecular formula is C21H17ClN4O2S2. The number of amides is 1. The summed E-state index contributed by atoms with van der Waals surface area (Å²) in [6.07, 6.45) is 1.64. The van der Waals surface area contributed by atoms with Crippen LogP contribution in [0.5, 0.6) is 0 Å². The Morgan fingerprint density at radius 3 is 2.43 bits per heavy atom. The SMILES string of the molecule is O=C(Nc1ccccc1)C(=C1SCCS1)c1cn(CC(=O)c2ccc(Cl)cc2)nn1. The molecule has 1 fully saturated rings. The number of carbonyl (C=O) groups is 2. The van der Waals surface area contributed by atoms with Crippen molar-refractivity contribution in [2.75, 3.05) is 16.8 Å². The second kappa shape index (κ2) is 9.51.